The third-order valence-electron chi connectivity index (χ3n) is 4.74. The number of carbonyl (C=O) groups excluding carboxylic acids is 2. The summed E-state index contributed by atoms with van der Waals surface area (Å²) >= 11 is 1.45. The number of fused-ring (bicyclic) bond motifs is 1. The monoisotopic (exact) mass is 374 g/mol. The molecule has 0 atom stereocenters. The van der Waals surface area contributed by atoms with Crippen LogP contribution >= 0.6 is 11.3 Å². The van der Waals surface area contributed by atoms with Crippen molar-refractivity contribution in [2.45, 2.75) is 45.1 Å². The summed E-state index contributed by atoms with van der Waals surface area (Å²) in [7, 11) is 1.66. The van der Waals surface area contributed by atoms with E-state index in [0.717, 1.165) is 28.6 Å². The Morgan fingerprint density at radius 3 is 2.81 bits per heavy atom. The van der Waals surface area contributed by atoms with Gasteiger partial charge in [0.25, 0.3) is 0 Å². The number of carbonyl (C=O) groups is 2. The van der Waals surface area contributed by atoms with Gasteiger partial charge in [-0.1, -0.05) is 36.7 Å². The Labute approximate surface area is 158 Å². The van der Waals surface area contributed by atoms with Gasteiger partial charge in [-0.05, 0) is 37.5 Å². The zero-order valence-corrected chi connectivity index (χ0v) is 16.2. The van der Waals surface area contributed by atoms with E-state index < -0.39 is 0 Å². The number of rotatable bonds is 6. The molecule has 0 unspecified atom stereocenters. The molecular formula is C19H26N4O2S. The van der Waals surface area contributed by atoms with Crippen LogP contribution in [0.5, 0.6) is 0 Å². The van der Waals surface area contributed by atoms with Crippen molar-refractivity contribution >= 4 is 38.5 Å². The highest BCUT2D eigenvalue weighted by molar-refractivity contribution is 7.22. The Bertz CT molecular complexity index is 783. The molecule has 0 radical (unpaired) electrons. The number of anilines is 1. The van der Waals surface area contributed by atoms with E-state index in [1.165, 1.54) is 35.5 Å². The Morgan fingerprint density at radius 2 is 2.04 bits per heavy atom. The minimum Gasteiger partial charge on any atom is -0.335 e. The third-order valence-corrected chi connectivity index (χ3v) is 5.68. The van der Waals surface area contributed by atoms with Gasteiger partial charge in [0.15, 0.2) is 5.13 Å². The molecule has 140 valence electrons. The number of likely N-dealkylation sites (N-methyl/N-ethyl adjacent to an activating group) is 1. The first kappa shape index (κ1) is 18.8. The van der Waals surface area contributed by atoms with Gasteiger partial charge in [-0.2, -0.15) is 0 Å². The third kappa shape index (κ3) is 5.02. The number of aryl methyl sites for hydroxylation is 1. The highest BCUT2D eigenvalue weighted by Crippen LogP contribution is 2.26. The predicted molar refractivity (Wildman–Crippen MR) is 105 cm³/mol. The summed E-state index contributed by atoms with van der Waals surface area (Å²) in [4.78, 5) is 30.3. The van der Waals surface area contributed by atoms with Gasteiger partial charge in [-0.3, -0.25) is 9.59 Å². The Morgan fingerprint density at radius 1 is 1.27 bits per heavy atom. The topological polar surface area (TPSA) is 74.3 Å². The fraction of sp³-hybridized carbons (Fsp3) is 0.526. The van der Waals surface area contributed by atoms with Crippen molar-refractivity contribution in [3.63, 3.8) is 0 Å². The maximum Gasteiger partial charge on any atom is 0.245 e. The SMILES string of the molecule is Cc1ccc2nc(NC(=O)CN(C)C(=O)CNC3CCCCC3)sc2c1. The second-order valence-electron chi connectivity index (χ2n) is 7.00. The van der Waals surface area contributed by atoms with Crippen molar-refractivity contribution in [3.05, 3.63) is 23.8 Å². The van der Waals surface area contributed by atoms with E-state index >= 15 is 0 Å². The number of nitrogens with zero attached hydrogens (tertiary/aromatic N) is 2. The van der Waals surface area contributed by atoms with Crippen LogP contribution in [0.2, 0.25) is 0 Å². The van der Waals surface area contributed by atoms with Gasteiger partial charge in [0.05, 0.1) is 23.3 Å². The molecule has 1 fully saturated rings. The fourth-order valence-electron chi connectivity index (χ4n) is 3.22. The molecule has 1 saturated carbocycles. The molecule has 0 saturated heterocycles. The van der Waals surface area contributed by atoms with E-state index in [2.05, 4.69) is 21.7 Å². The molecule has 1 aliphatic rings. The van der Waals surface area contributed by atoms with E-state index in [1.54, 1.807) is 7.05 Å². The molecule has 1 aromatic heterocycles. The second kappa shape index (κ2) is 8.60. The smallest absolute Gasteiger partial charge is 0.245 e. The molecular weight excluding hydrogens is 348 g/mol. The molecule has 6 nitrogen and oxygen atoms in total. The first-order valence-corrected chi connectivity index (χ1v) is 9.97. The van der Waals surface area contributed by atoms with Crippen LogP contribution < -0.4 is 10.6 Å². The predicted octanol–water partition coefficient (Wildman–Crippen LogP) is 2.92. The zero-order chi connectivity index (χ0) is 18.5. The number of aromatic nitrogens is 1. The van der Waals surface area contributed by atoms with Gasteiger partial charge in [-0.25, -0.2) is 4.98 Å². The molecule has 26 heavy (non-hydrogen) atoms. The number of hydrogen-bond acceptors (Lipinski definition) is 5. The summed E-state index contributed by atoms with van der Waals surface area (Å²) in [6.07, 6.45) is 6.01. The summed E-state index contributed by atoms with van der Waals surface area (Å²) < 4.78 is 1.04. The molecule has 1 heterocycles. The van der Waals surface area contributed by atoms with Crippen molar-refractivity contribution in [3.8, 4) is 0 Å². The molecule has 1 aliphatic carbocycles. The lowest BCUT2D eigenvalue weighted by Gasteiger charge is -2.24. The van der Waals surface area contributed by atoms with Crippen molar-refractivity contribution in [1.29, 1.82) is 0 Å². The first-order valence-electron chi connectivity index (χ1n) is 9.15. The normalized spacial score (nSPS) is 15.2. The minimum absolute atomic E-state index is 0.0279. The van der Waals surface area contributed by atoms with E-state index in [4.69, 9.17) is 0 Å². The average Bonchev–Trinajstić information content (AvgIpc) is 3.01. The van der Waals surface area contributed by atoms with Gasteiger partial charge in [0.2, 0.25) is 11.8 Å². The largest absolute Gasteiger partial charge is 0.335 e. The van der Waals surface area contributed by atoms with Gasteiger partial charge in [0.1, 0.15) is 0 Å². The van der Waals surface area contributed by atoms with Gasteiger partial charge >= 0.3 is 0 Å². The molecule has 2 N–H and O–H groups in total. The summed E-state index contributed by atoms with van der Waals surface area (Å²) in [6, 6.07) is 6.43. The van der Waals surface area contributed by atoms with E-state index in [9.17, 15) is 9.59 Å². The summed E-state index contributed by atoms with van der Waals surface area (Å²) in [5.41, 5.74) is 2.03. The second-order valence-corrected chi connectivity index (χ2v) is 8.03. The highest BCUT2D eigenvalue weighted by Gasteiger charge is 2.17. The molecule has 3 rings (SSSR count). The Balaban J connectivity index is 1.47. The Hall–Kier alpha value is -1.99. The van der Waals surface area contributed by atoms with Crippen LogP contribution in [0.3, 0.4) is 0 Å². The lowest BCUT2D eigenvalue weighted by atomic mass is 9.95. The van der Waals surface area contributed by atoms with Crippen LogP contribution in [-0.2, 0) is 9.59 Å². The summed E-state index contributed by atoms with van der Waals surface area (Å²) in [5.74, 6) is -0.292. The molecule has 2 amide bonds. The van der Waals surface area contributed by atoms with Crippen LogP contribution in [0, 0.1) is 6.92 Å². The molecule has 0 bridgehead atoms. The number of amides is 2. The highest BCUT2D eigenvalue weighted by atomic mass is 32.1. The number of nitrogens with one attached hydrogen (secondary N) is 2. The van der Waals surface area contributed by atoms with Gasteiger partial charge < -0.3 is 15.5 Å². The van der Waals surface area contributed by atoms with Crippen LogP contribution in [0.1, 0.15) is 37.7 Å². The average molecular weight is 375 g/mol. The van der Waals surface area contributed by atoms with Crippen molar-refractivity contribution in [1.82, 2.24) is 15.2 Å². The van der Waals surface area contributed by atoms with Gasteiger partial charge in [0, 0.05) is 13.1 Å². The number of thiazole rings is 1. The van der Waals surface area contributed by atoms with Crippen LogP contribution in [0.15, 0.2) is 18.2 Å². The Kier molecular flexibility index (Phi) is 6.21. The molecule has 2 aromatic rings. The maximum absolute atomic E-state index is 12.2. The van der Waals surface area contributed by atoms with Gasteiger partial charge in [-0.15, -0.1) is 0 Å². The van der Waals surface area contributed by atoms with E-state index in [-0.39, 0.29) is 24.9 Å². The quantitative estimate of drug-likeness (QED) is 0.815. The van der Waals surface area contributed by atoms with E-state index in [1.807, 2.05) is 19.1 Å². The summed E-state index contributed by atoms with van der Waals surface area (Å²) in [6.45, 7) is 2.34. The molecule has 1 aromatic carbocycles. The first-order chi connectivity index (χ1) is 12.5. The van der Waals surface area contributed by atoms with Crippen molar-refractivity contribution < 1.29 is 9.59 Å². The van der Waals surface area contributed by atoms with Crippen LogP contribution in [0.25, 0.3) is 10.2 Å². The lowest BCUT2D eigenvalue weighted by Crippen LogP contribution is -2.43. The maximum atomic E-state index is 12.2. The molecule has 7 heteroatoms. The fourth-order valence-corrected chi connectivity index (χ4v) is 4.20. The minimum atomic E-state index is -0.228. The van der Waals surface area contributed by atoms with Crippen LogP contribution in [0.4, 0.5) is 5.13 Å². The van der Waals surface area contributed by atoms with Crippen molar-refractivity contribution in [2.75, 3.05) is 25.5 Å². The zero-order valence-electron chi connectivity index (χ0n) is 15.4. The van der Waals surface area contributed by atoms with Crippen LogP contribution in [-0.4, -0.2) is 47.9 Å². The van der Waals surface area contributed by atoms with Crippen molar-refractivity contribution in [2.24, 2.45) is 0 Å². The molecule has 0 aliphatic heterocycles. The molecule has 0 spiro atoms. The number of benzene rings is 1. The standard InChI is InChI=1S/C19H26N4O2S/c1-13-8-9-15-16(10-13)26-19(21-15)22-17(24)12-23(2)18(25)11-20-14-6-4-3-5-7-14/h8-10,14,20H,3-7,11-12H2,1-2H3,(H,21,22,24). The lowest BCUT2D eigenvalue weighted by molar-refractivity contribution is -0.132. The number of hydrogen-bond donors (Lipinski definition) is 2. The summed E-state index contributed by atoms with van der Waals surface area (Å²) in [5, 5.41) is 6.68. The van der Waals surface area contributed by atoms with E-state index in [0.29, 0.717) is 11.2 Å².